The highest BCUT2D eigenvalue weighted by Crippen LogP contribution is 2.25. The summed E-state index contributed by atoms with van der Waals surface area (Å²) in [7, 11) is 0. The van der Waals surface area contributed by atoms with Crippen LogP contribution in [0.15, 0.2) is 24.3 Å². The summed E-state index contributed by atoms with van der Waals surface area (Å²) in [6.07, 6.45) is 1.22. The van der Waals surface area contributed by atoms with E-state index in [0.717, 1.165) is 17.7 Å². The molecule has 0 bridgehead atoms. The van der Waals surface area contributed by atoms with Gasteiger partial charge in [0.05, 0.1) is 13.0 Å². The van der Waals surface area contributed by atoms with Crippen LogP contribution in [0.1, 0.15) is 38.3 Å². The number of nitrogens with one attached hydrogen (secondary N) is 1. The predicted octanol–water partition coefficient (Wildman–Crippen LogP) is 2.00. The summed E-state index contributed by atoms with van der Waals surface area (Å²) < 4.78 is 5.64. The average molecular weight is 250 g/mol. The Labute approximate surface area is 109 Å². The fourth-order valence-corrected chi connectivity index (χ4v) is 1.68. The average Bonchev–Trinajstić information content (AvgIpc) is 2.39. The highest BCUT2D eigenvalue weighted by atomic mass is 16.5. The van der Waals surface area contributed by atoms with Gasteiger partial charge in [0, 0.05) is 18.2 Å². The van der Waals surface area contributed by atoms with E-state index in [4.69, 9.17) is 10.5 Å². The van der Waals surface area contributed by atoms with Gasteiger partial charge in [0.2, 0.25) is 5.91 Å². The zero-order valence-electron chi connectivity index (χ0n) is 11.1. The topological polar surface area (TPSA) is 64.3 Å². The summed E-state index contributed by atoms with van der Waals surface area (Å²) in [5.41, 5.74) is 7.01. The van der Waals surface area contributed by atoms with Crippen LogP contribution >= 0.6 is 0 Å². The minimum Gasteiger partial charge on any atom is -0.493 e. The summed E-state index contributed by atoms with van der Waals surface area (Å²) in [5, 5.41) is 2.74. The summed E-state index contributed by atoms with van der Waals surface area (Å²) >= 11 is 0. The molecule has 0 saturated carbocycles. The summed E-state index contributed by atoms with van der Waals surface area (Å²) in [4.78, 5) is 11.3. The Hall–Kier alpha value is -1.55. The van der Waals surface area contributed by atoms with Gasteiger partial charge in [-0.2, -0.15) is 0 Å². The van der Waals surface area contributed by atoms with Crippen molar-refractivity contribution in [2.45, 2.75) is 32.7 Å². The monoisotopic (exact) mass is 250 g/mol. The standard InChI is InChI=1S/C14H22N2O2/c1-3-12(15)11-7-5-6-8-13(11)18-10-9-14(17)16-4-2/h5-8,12H,3-4,9-10,15H2,1-2H3,(H,16,17)/t12-/m1/s1. The van der Waals surface area contributed by atoms with Gasteiger partial charge >= 0.3 is 0 Å². The van der Waals surface area contributed by atoms with E-state index in [2.05, 4.69) is 5.32 Å². The van der Waals surface area contributed by atoms with Crippen molar-refractivity contribution in [2.75, 3.05) is 13.2 Å². The molecule has 0 aliphatic heterocycles. The van der Waals surface area contributed by atoms with Gasteiger partial charge in [-0.25, -0.2) is 0 Å². The number of hydrogen-bond acceptors (Lipinski definition) is 3. The maximum atomic E-state index is 11.3. The zero-order valence-corrected chi connectivity index (χ0v) is 11.1. The maximum absolute atomic E-state index is 11.3. The lowest BCUT2D eigenvalue weighted by atomic mass is 10.0. The van der Waals surface area contributed by atoms with Crippen molar-refractivity contribution >= 4 is 5.91 Å². The molecule has 0 aliphatic carbocycles. The fourth-order valence-electron chi connectivity index (χ4n) is 1.68. The van der Waals surface area contributed by atoms with Gasteiger partial charge in [0.1, 0.15) is 5.75 Å². The van der Waals surface area contributed by atoms with Gasteiger partial charge in [-0.05, 0) is 19.4 Å². The minimum absolute atomic E-state index is 0.00905. The molecule has 3 N–H and O–H groups in total. The number of rotatable bonds is 7. The zero-order chi connectivity index (χ0) is 13.4. The van der Waals surface area contributed by atoms with E-state index in [9.17, 15) is 4.79 Å². The third-order valence-electron chi connectivity index (χ3n) is 2.72. The summed E-state index contributed by atoms with van der Waals surface area (Å²) in [6, 6.07) is 7.69. The molecule has 0 heterocycles. The molecule has 4 nitrogen and oxygen atoms in total. The van der Waals surface area contributed by atoms with Crippen LogP contribution in [0.3, 0.4) is 0 Å². The van der Waals surface area contributed by atoms with Gasteiger partial charge in [0.15, 0.2) is 0 Å². The van der Waals surface area contributed by atoms with Gasteiger partial charge < -0.3 is 15.8 Å². The Bertz CT molecular complexity index is 380. The quantitative estimate of drug-likeness (QED) is 0.778. The Morgan fingerprint density at radius 3 is 2.78 bits per heavy atom. The molecule has 100 valence electrons. The van der Waals surface area contributed by atoms with Gasteiger partial charge in [-0.1, -0.05) is 25.1 Å². The molecule has 1 atom stereocenters. The molecule has 1 rings (SSSR count). The molecule has 0 fully saturated rings. The number of benzene rings is 1. The van der Waals surface area contributed by atoms with Crippen LogP contribution in [0.5, 0.6) is 5.75 Å². The number of nitrogens with two attached hydrogens (primary N) is 1. The second-order valence-corrected chi connectivity index (χ2v) is 4.10. The van der Waals surface area contributed by atoms with Crippen molar-refractivity contribution in [1.29, 1.82) is 0 Å². The first kappa shape index (κ1) is 14.5. The van der Waals surface area contributed by atoms with Crippen molar-refractivity contribution in [3.8, 4) is 5.75 Å². The molecule has 4 heteroatoms. The molecule has 1 aromatic rings. The van der Waals surface area contributed by atoms with Crippen LogP contribution in [-0.2, 0) is 4.79 Å². The molecular formula is C14H22N2O2. The van der Waals surface area contributed by atoms with E-state index >= 15 is 0 Å². The largest absolute Gasteiger partial charge is 0.493 e. The van der Waals surface area contributed by atoms with E-state index < -0.39 is 0 Å². The van der Waals surface area contributed by atoms with Crippen molar-refractivity contribution in [2.24, 2.45) is 5.73 Å². The minimum atomic E-state index is -0.0225. The number of carbonyl (C=O) groups is 1. The third kappa shape index (κ3) is 4.37. The van der Waals surface area contributed by atoms with E-state index in [-0.39, 0.29) is 11.9 Å². The smallest absolute Gasteiger partial charge is 0.223 e. The molecule has 1 amide bonds. The molecule has 0 aromatic heterocycles. The highest BCUT2D eigenvalue weighted by molar-refractivity contribution is 5.75. The molecule has 0 unspecified atom stereocenters. The molecule has 1 aromatic carbocycles. The number of para-hydroxylation sites is 1. The SMILES string of the molecule is CCNC(=O)CCOc1ccccc1[C@H](N)CC. The van der Waals surface area contributed by atoms with Crippen LogP contribution in [0.4, 0.5) is 0 Å². The number of ether oxygens (including phenoxy) is 1. The van der Waals surface area contributed by atoms with Gasteiger partial charge in [0.25, 0.3) is 0 Å². The lowest BCUT2D eigenvalue weighted by Gasteiger charge is -2.15. The van der Waals surface area contributed by atoms with E-state index in [1.165, 1.54) is 0 Å². The van der Waals surface area contributed by atoms with Crippen LogP contribution in [0.2, 0.25) is 0 Å². The highest BCUT2D eigenvalue weighted by Gasteiger charge is 2.10. The number of hydrogen-bond donors (Lipinski definition) is 2. The molecular weight excluding hydrogens is 228 g/mol. The lowest BCUT2D eigenvalue weighted by molar-refractivity contribution is -0.121. The Kier molecular flexibility index (Phi) is 6.22. The first-order valence-corrected chi connectivity index (χ1v) is 6.43. The van der Waals surface area contributed by atoms with Crippen molar-refractivity contribution in [3.63, 3.8) is 0 Å². The predicted molar refractivity (Wildman–Crippen MR) is 72.5 cm³/mol. The van der Waals surface area contributed by atoms with Gasteiger partial charge in [-0.3, -0.25) is 4.79 Å². The maximum Gasteiger partial charge on any atom is 0.223 e. The number of carbonyl (C=O) groups excluding carboxylic acids is 1. The van der Waals surface area contributed by atoms with Crippen LogP contribution in [0, 0.1) is 0 Å². The first-order chi connectivity index (χ1) is 8.69. The van der Waals surface area contributed by atoms with Crippen molar-refractivity contribution in [3.05, 3.63) is 29.8 Å². The molecule has 18 heavy (non-hydrogen) atoms. The fraction of sp³-hybridized carbons (Fsp3) is 0.500. The van der Waals surface area contributed by atoms with Gasteiger partial charge in [-0.15, -0.1) is 0 Å². The van der Waals surface area contributed by atoms with Crippen LogP contribution in [-0.4, -0.2) is 19.1 Å². The molecule has 0 radical (unpaired) electrons. The summed E-state index contributed by atoms with van der Waals surface area (Å²) in [5.74, 6) is 0.783. The van der Waals surface area contributed by atoms with E-state index in [1.54, 1.807) is 0 Å². The second kappa shape index (κ2) is 7.71. The Morgan fingerprint density at radius 1 is 1.39 bits per heavy atom. The van der Waals surface area contributed by atoms with Crippen LogP contribution < -0.4 is 15.8 Å². The van der Waals surface area contributed by atoms with E-state index in [0.29, 0.717) is 19.6 Å². The lowest BCUT2D eigenvalue weighted by Crippen LogP contribution is -2.24. The van der Waals surface area contributed by atoms with Crippen molar-refractivity contribution < 1.29 is 9.53 Å². The molecule has 0 saturated heterocycles. The first-order valence-electron chi connectivity index (χ1n) is 6.43. The summed E-state index contributed by atoms with van der Waals surface area (Å²) in [6.45, 7) is 4.96. The second-order valence-electron chi connectivity index (χ2n) is 4.10. The number of amides is 1. The molecule has 0 aliphatic rings. The van der Waals surface area contributed by atoms with Crippen molar-refractivity contribution in [1.82, 2.24) is 5.32 Å². The molecule has 0 spiro atoms. The normalized spacial score (nSPS) is 11.9. The van der Waals surface area contributed by atoms with E-state index in [1.807, 2.05) is 38.1 Å². The Morgan fingerprint density at radius 2 is 2.11 bits per heavy atom. The Balaban J connectivity index is 2.54. The third-order valence-corrected chi connectivity index (χ3v) is 2.72. The van der Waals surface area contributed by atoms with Crippen LogP contribution in [0.25, 0.3) is 0 Å².